The van der Waals surface area contributed by atoms with Gasteiger partial charge in [-0.05, 0) is 29.3 Å². The number of ether oxygens (including phenoxy) is 1. The predicted octanol–water partition coefficient (Wildman–Crippen LogP) is 3.75. The normalized spacial score (nSPS) is 10.5. The second-order valence-corrected chi connectivity index (χ2v) is 5.51. The molecule has 0 saturated carbocycles. The fraction of sp³-hybridized carbons (Fsp3) is 0.100. The molecule has 0 N–H and O–H groups in total. The predicted molar refractivity (Wildman–Crippen MR) is 96.1 cm³/mol. The monoisotopic (exact) mass is 336 g/mol. The van der Waals surface area contributed by atoms with Crippen molar-refractivity contribution in [2.45, 2.75) is 6.54 Å². The Bertz CT molecular complexity index is 962. The van der Waals surface area contributed by atoms with Gasteiger partial charge in [0.1, 0.15) is 11.6 Å². The summed E-state index contributed by atoms with van der Waals surface area (Å²) in [6.07, 6.45) is 1.75. The van der Waals surface area contributed by atoms with Crippen LogP contribution in [0.25, 0.3) is 17.3 Å². The molecule has 0 unspecified atom stereocenters. The van der Waals surface area contributed by atoms with E-state index < -0.39 is 5.82 Å². The maximum Gasteiger partial charge on any atom is 0.267 e. The summed E-state index contributed by atoms with van der Waals surface area (Å²) in [4.78, 5) is 12.1. The number of halogens is 1. The van der Waals surface area contributed by atoms with Crippen molar-refractivity contribution in [3.05, 3.63) is 88.5 Å². The zero-order chi connectivity index (χ0) is 17.8. The third-order valence-electron chi connectivity index (χ3n) is 3.87. The van der Waals surface area contributed by atoms with Crippen LogP contribution in [0.1, 0.15) is 11.1 Å². The number of hydrogen-bond acceptors (Lipinski definition) is 3. The van der Waals surface area contributed by atoms with E-state index in [4.69, 9.17) is 4.74 Å². The molecule has 0 saturated heterocycles. The number of aromatic nitrogens is 2. The summed E-state index contributed by atoms with van der Waals surface area (Å²) >= 11 is 0. The molecule has 5 heteroatoms. The van der Waals surface area contributed by atoms with Gasteiger partial charge in [0.05, 0.1) is 19.3 Å². The molecule has 0 fully saturated rings. The van der Waals surface area contributed by atoms with Crippen molar-refractivity contribution >= 4 is 6.08 Å². The fourth-order valence-electron chi connectivity index (χ4n) is 2.47. The number of benzene rings is 2. The minimum absolute atomic E-state index is 0.245. The van der Waals surface area contributed by atoms with E-state index in [1.807, 2.05) is 24.3 Å². The van der Waals surface area contributed by atoms with Crippen molar-refractivity contribution in [2.75, 3.05) is 7.11 Å². The zero-order valence-electron chi connectivity index (χ0n) is 13.8. The summed E-state index contributed by atoms with van der Waals surface area (Å²) in [5, 5.41) is 4.30. The first-order chi connectivity index (χ1) is 12.1. The summed E-state index contributed by atoms with van der Waals surface area (Å²) in [7, 11) is 1.48. The SMILES string of the molecule is C=Cc1ccc(Cn2nc(-c3ccc(OC)cc3F)ccc2=O)cc1. The van der Waals surface area contributed by atoms with E-state index >= 15 is 0 Å². The van der Waals surface area contributed by atoms with Gasteiger partial charge in [-0.2, -0.15) is 5.10 Å². The molecule has 0 aliphatic heterocycles. The van der Waals surface area contributed by atoms with E-state index in [1.54, 1.807) is 18.2 Å². The van der Waals surface area contributed by atoms with Gasteiger partial charge in [-0.3, -0.25) is 4.79 Å². The summed E-state index contributed by atoms with van der Waals surface area (Å²) < 4.78 is 20.6. The minimum atomic E-state index is -0.451. The van der Waals surface area contributed by atoms with Gasteiger partial charge in [-0.25, -0.2) is 9.07 Å². The second kappa shape index (κ2) is 7.13. The smallest absolute Gasteiger partial charge is 0.267 e. The molecule has 2 aromatic carbocycles. The lowest BCUT2D eigenvalue weighted by atomic mass is 10.1. The highest BCUT2D eigenvalue weighted by atomic mass is 19.1. The maximum atomic E-state index is 14.2. The maximum absolute atomic E-state index is 14.2. The van der Waals surface area contributed by atoms with Crippen molar-refractivity contribution < 1.29 is 9.13 Å². The van der Waals surface area contributed by atoms with E-state index in [0.29, 0.717) is 23.6 Å². The first kappa shape index (κ1) is 16.6. The Kier molecular flexibility index (Phi) is 4.75. The Hall–Kier alpha value is -3.21. The van der Waals surface area contributed by atoms with Crippen molar-refractivity contribution in [3.63, 3.8) is 0 Å². The van der Waals surface area contributed by atoms with Crippen molar-refractivity contribution in [1.29, 1.82) is 0 Å². The first-order valence-corrected chi connectivity index (χ1v) is 7.74. The number of rotatable bonds is 5. The van der Waals surface area contributed by atoms with Gasteiger partial charge in [-0.15, -0.1) is 0 Å². The first-order valence-electron chi connectivity index (χ1n) is 7.74. The average Bonchev–Trinajstić information content (AvgIpc) is 2.64. The molecular weight excluding hydrogens is 319 g/mol. The van der Waals surface area contributed by atoms with Crippen molar-refractivity contribution in [2.24, 2.45) is 0 Å². The highest BCUT2D eigenvalue weighted by Crippen LogP contribution is 2.24. The third kappa shape index (κ3) is 3.66. The Morgan fingerprint density at radius 2 is 1.92 bits per heavy atom. The van der Waals surface area contributed by atoms with E-state index in [9.17, 15) is 9.18 Å². The molecule has 0 bridgehead atoms. The van der Waals surface area contributed by atoms with Gasteiger partial charge in [0.2, 0.25) is 0 Å². The van der Waals surface area contributed by atoms with Gasteiger partial charge in [0.25, 0.3) is 5.56 Å². The lowest BCUT2D eigenvalue weighted by Gasteiger charge is -2.09. The lowest BCUT2D eigenvalue weighted by Crippen LogP contribution is -2.22. The van der Waals surface area contributed by atoms with Crippen LogP contribution in [-0.2, 0) is 6.54 Å². The summed E-state index contributed by atoms with van der Waals surface area (Å²) in [5.41, 5.74) is 2.38. The largest absolute Gasteiger partial charge is 0.497 e. The molecule has 4 nitrogen and oxygen atoms in total. The average molecular weight is 336 g/mol. The van der Waals surface area contributed by atoms with Crippen molar-refractivity contribution in [3.8, 4) is 17.0 Å². The summed E-state index contributed by atoms with van der Waals surface area (Å²) in [6, 6.07) is 15.1. The van der Waals surface area contributed by atoms with Gasteiger partial charge in [0, 0.05) is 17.7 Å². The topological polar surface area (TPSA) is 44.1 Å². The quantitative estimate of drug-likeness (QED) is 0.713. The minimum Gasteiger partial charge on any atom is -0.497 e. The molecule has 0 spiro atoms. The number of nitrogens with zero attached hydrogens (tertiary/aromatic N) is 2. The standard InChI is InChI=1S/C20H17FN2O2/c1-3-14-4-6-15(7-5-14)13-23-20(24)11-10-19(22-23)17-9-8-16(25-2)12-18(17)21/h3-12H,1,13H2,2H3. The van der Waals surface area contributed by atoms with Crippen LogP contribution < -0.4 is 10.3 Å². The van der Waals surface area contributed by atoms with E-state index in [2.05, 4.69) is 11.7 Å². The lowest BCUT2D eigenvalue weighted by molar-refractivity contribution is 0.411. The fourth-order valence-corrected chi connectivity index (χ4v) is 2.47. The van der Waals surface area contributed by atoms with Crippen LogP contribution in [0, 0.1) is 5.82 Å². The van der Waals surface area contributed by atoms with Crippen LogP contribution in [0.3, 0.4) is 0 Å². The molecule has 25 heavy (non-hydrogen) atoms. The van der Waals surface area contributed by atoms with Gasteiger partial charge in [-0.1, -0.05) is 36.9 Å². The van der Waals surface area contributed by atoms with Crippen LogP contribution in [0.5, 0.6) is 5.75 Å². The molecule has 126 valence electrons. The van der Waals surface area contributed by atoms with E-state index in [1.165, 1.54) is 30.0 Å². The molecule has 1 heterocycles. The Labute approximate surface area is 144 Å². The van der Waals surface area contributed by atoms with Crippen LogP contribution in [0.4, 0.5) is 4.39 Å². The van der Waals surface area contributed by atoms with E-state index in [0.717, 1.165) is 11.1 Å². The van der Waals surface area contributed by atoms with E-state index in [-0.39, 0.29) is 5.56 Å². The summed E-state index contributed by atoms with van der Waals surface area (Å²) in [5.74, 6) is -0.0238. The highest BCUT2D eigenvalue weighted by Gasteiger charge is 2.10. The molecule has 3 aromatic rings. The Morgan fingerprint density at radius 1 is 1.16 bits per heavy atom. The molecule has 3 rings (SSSR count). The molecule has 0 radical (unpaired) electrons. The summed E-state index contributed by atoms with van der Waals surface area (Å²) in [6.45, 7) is 4.02. The van der Waals surface area contributed by atoms with Gasteiger partial charge in [0.15, 0.2) is 0 Å². The van der Waals surface area contributed by atoms with Crippen LogP contribution >= 0.6 is 0 Å². The number of hydrogen-bond donors (Lipinski definition) is 0. The molecule has 0 atom stereocenters. The Morgan fingerprint density at radius 3 is 2.56 bits per heavy atom. The van der Waals surface area contributed by atoms with Crippen LogP contribution in [0.2, 0.25) is 0 Å². The van der Waals surface area contributed by atoms with Gasteiger partial charge >= 0.3 is 0 Å². The molecule has 0 aliphatic carbocycles. The highest BCUT2D eigenvalue weighted by molar-refractivity contribution is 5.60. The van der Waals surface area contributed by atoms with Crippen LogP contribution in [-0.4, -0.2) is 16.9 Å². The zero-order valence-corrected chi connectivity index (χ0v) is 13.8. The molecule has 0 aliphatic rings. The molecule has 0 amide bonds. The Balaban J connectivity index is 1.95. The van der Waals surface area contributed by atoms with Crippen molar-refractivity contribution in [1.82, 2.24) is 9.78 Å². The van der Waals surface area contributed by atoms with Crippen LogP contribution in [0.15, 0.2) is 66.0 Å². The number of methoxy groups -OCH3 is 1. The molecule has 1 aromatic heterocycles. The third-order valence-corrected chi connectivity index (χ3v) is 3.87. The second-order valence-electron chi connectivity index (χ2n) is 5.51. The molecular formula is C20H17FN2O2. The van der Waals surface area contributed by atoms with Gasteiger partial charge < -0.3 is 4.74 Å².